The molecule has 0 saturated carbocycles. The fourth-order valence-corrected chi connectivity index (χ4v) is 2.81. The van der Waals surface area contributed by atoms with Crippen LogP contribution in [0.1, 0.15) is 39.0 Å². The van der Waals surface area contributed by atoms with E-state index in [0.29, 0.717) is 12.5 Å². The van der Waals surface area contributed by atoms with Crippen LogP contribution in [0.4, 0.5) is 0 Å². The molecule has 0 aliphatic carbocycles. The summed E-state index contributed by atoms with van der Waals surface area (Å²) in [6.45, 7) is 4.27. The van der Waals surface area contributed by atoms with Gasteiger partial charge in [-0.15, -0.1) is 12.4 Å². The second-order valence-corrected chi connectivity index (χ2v) is 5.53. The Kier molecular flexibility index (Phi) is 11.2. The summed E-state index contributed by atoms with van der Waals surface area (Å²) < 4.78 is 0. The van der Waals surface area contributed by atoms with Crippen LogP contribution in [0.5, 0.6) is 0 Å². The highest BCUT2D eigenvalue weighted by Crippen LogP contribution is 2.07. The first-order valence-electron chi connectivity index (χ1n) is 6.40. The Morgan fingerprint density at radius 3 is 2.71 bits per heavy atom. The van der Waals surface area contributed by atoms with E-state index in [1.165, 1.54) is 18.6 Å². The molecule has 2 N–H and O–H groups in total. The van der Waals surface area contributed by atoms with E-state index in [0.717, 1.165) is 31.7 Å². The maximum atomic E-state index is 11.6. The number of unbranched alkanes of at least 4 members (excludes halogenated alkanes) is 1. The number of nitrogens with one attached hydrogen (secondary N) is 2. The van der Waals surface area contributed by atoms with Crippen LogP contribution in [-0.4, -0.2) is 36.5 Å². The Hall–Kier alpha value is 0.0700. The molecule has 0 unspecified atom stereocenters. The van der Waals surface area contributed by atoms with E-state index in [-0.39, 0.29) is 18.3 Å². The minimum Gasteiger partial charge on any atom is -0.353 e. The molecule has 102 valence electrons. The van der Waals surface area contributed by atoms with Crippen molar-refractivity contribution in [2.24, 2.45) is 0 Å². The summed E-state index contributed by atoms with van der Waals surface area (Å²) in [5.41, 5.74) is 0. The van der Waals surface area contributed by atoms with Crippen LogP contribution >= 0.6 is 24.2 Å². The van der Waals surface area contributed by atoms with Crippen molar-refractivity contribution in [1.82, 2.24) is 10.6 Å². The van der Waals surface area contributed by atoms with Gasteiger partial charge in [0.25, 0.3) is 0 Å². The van der Waals surface area contributed by atoms with Crippen LogP contribution in [0.15, 0.2) is 0 Å². The van der Waals surface area contributed by atoms with E-state index >= 15 is 0 Å². The molecule has 1 heterocycles. The lowest BCUT2D eigenvalue weighted by molar-refractivity contribution is -0.121. The molecule has 0 spiro atoms. The van der Waals surface area contributed by atoms with Crippen LogP contribution < -0.4 is 10.6 Å². The summed E-state index contributed by atoms with van der Waals surface area (Å²) in [5.74, 6) is 2.39. The number of rotatable bonds is 7. The smallest absolute Gasteiger partial charge is 0.221 e. The molecule has 0 aromatic rings. The quantitative estimate of drug-likeness (QED) is 0.703. The Labute approximate surface area is 115 Å². The van der Waals surface area contributed by atoms with E-state index in [4.69, 9.17) is 0 Å². The summed E-state index contributed by atoms with van der Waals surface area (Å²) in [6.07, 6.45) is 5.34. The van der Waals surface area contributed by atoms with Crippen LogP contribution in [0.25, 0.3) is 0 Å². The van der Waals surface area contributed by atoms with E-state index in [2.05, 4.69) is 17.6 Å². The van der Waals surface area contributed by atoms with Crippen LogP contribution in [0.3, 0.4) is 0 Å². The number of thioether (sulfide) groups is 1. The van der Waals surface area contributed by atoms with Gasteiger partial charge in [0.1, 0.15) is 0 Å². The molecule has 1 amide bonds. The van der Waals surface area contributed by atoms with Crippen molar-refractivity contribution in [3.63, 3.8) is 0 Å². The number of carbonyl (C=O) groups is 1. The van der Waals surface area contributed by atoms with Crippen molar-refractivity contribution in [3.8, 4) is 0 Å². The van der Waals surface area contributed by atoms with Crippen molar-refractivity contribution in [1.29, 1.82) is 0 Å². The fourth-order valence-electron chi connectivity index (χ4n) is 1.78. The fraction of sp³-hybridized carbons (Fsp3) is 0.917. The third-order valence-corrected chi connectivity index (χ3v) is 3.89. The van der Waals surface area contributed by atoms with Crippen LogP contribution in [0, 0.1) is 0 Å². The summed E-state index contributed by atoms with van der Waals surface area (Å²) in [6, 6.07) is 0.411. The van der Waals surface area contributed by atoms with Gasteiger partial charge in [0, 0.05) is 18.2 Å². The lowest BCUT2D eigenvalue weighted by Gasteiger charge is -2.23. The molecule has 0 bridgehead atoms. The van der Waals surface area contributed by atoms with Crippen molar-refractivity contribution < 1.29 is 4.79 Å². The molecule has 5 heteroatoms. The lowest BCUT2D eigenvalue weighted by atomic mass is 10.1. The van der Waals surface area contributed by atoms with E-state index in [9.17, 15) is 4.79 Å². The first-order valence-corrected chi connectivity index (χ1v) is 7.56. The largest absolute Gasteiger partial charge is 0.353 e. The summed E-state index contributed by atoms with van der Waals surface area (Å²) in [5, 5.41) is 6.42. The molecule has 1 aliphatic rings. The second kappa shape index (κ2) is 11.2. The number of hydrogen-bond acceptors (Lipinski definition) is 3. The molecule has 1 aliphatic heterocycles. The molecular weight excluding hydrogens is 256 g/mol. The van der Waals surface area contributed by atoms with Crippen LogP contribution in [-0.2, 0) is 4.79 Å². The van der Waals surface area contributed by atoms with Gasteiger partial charge in [0.05, 0.1) is 0 Å². The Morgan fingerprint density at radius 1 is 1.35 bits per heavy atom. The molecule has 3 nitrogen and oxygen atoms in total. The SMILES string of the molecule is CCCCSCCC(=O)NC1CCNCC1.Cl. The summed E-state index contributed by atoms with van der Waals surface area (Å²) in [4.78, 5) is 11.6. The third kappa shape index (κ3) is 8.75. The normalized spacial score (nSPS) is 16.3. The average molecular weight is 281 g/mol. The van der Waals surface area contributed by atoms with E-state index in [1.807, 2.05) is 11.8 Å². The molecule has 1 saturated heterocycles. The van der Waals surface area contributed by atoms with E-state index in [1.54, 1.807) is 0 Å². The zero-order valence-electron chi connectivity index (χ0n) is 10.7. The topological polar surface area (TPSA) is 41.1 Å². The average Bonchev–Trinajstić information content (AvgIpc) is 2.30. The van der Waals surface area contributed by atoms with Gasteiger partial charge in [0.15, 0.2) is 0 Å². The van der Waals surface area contributed by atoms with Crippen molar-refractivity contribution in [2.75, 3.05) is 24.6 Å². The van der Waals surface area contributed by atoms with Gasteiger partial charge in [0.2, 0.25) is 5.91 Å². The number of carbonyl (C=O) groups excluding carboxylic acids is 1. The molecule has 0 radical (unpaired) electrons. The maximum absolute atomic E-state index is 11.6. The minimum absolute atomic E-state index is 0. The molecule has 1 rings (SSSR count). The molecule has 17 heavy (non-hydrogen) atoms. The second-order valence-electron chi connectivity index (χ2n) is 4.31. The Morgan fingerprint density at radius 2 is 2.06 bits per heavy atom. The predicted octanol–water partition coefficient (Wildman–Crippen LogP) is 2.20. The molecule has 0 atom stereocenters. The zero-order valence-corrected chi connectivity index (χ0v) is 12.3. The van der Waals surface area contributed by atoms with Gasteiger partial charge in [-0.05, 0) is 38.1 Å². The van der Waals surface area contributed by atoms with Gasteiger partial charge in [-0.25, -0.2) is 0 Å². The Bertz CT molecular complexity index is 199. The summed E-state index contributed by atoms with van der Waals surface area (Å²) >= 11 is 1.90. The number of halogens is 1. The monoisotopic (exact) mass is 280 g/mol. The molecule has 1 fully saturated rings. The third-order valence-electron chi connectivity index (χ3n) is 2.82. The minimum atomic E-state index is 0. The standard InChI is InChI=1S/C12H24N2OS.ClH/c1-2-3-9-16-10-6-12(15)14-11-4-7-13-8-5-11;/h11,13H,2-10H2,1H3,(H,14,15);1H. The molecular formula is C12H25ClN2OS. The highest BCUT2D eigenvalue weighted by Gasteiger charge is 2.14. The van der Waals surface area contributed by atoms with Gasteiger partial charge < -0.3 is 10.6 Å². The highest BCUT2D eigenvalue weighted by atomic mass is 35.5. The summed E-state index contributed by atoms with van der Waals surface area (Å²) in [7, 11) is 0. The predicted molar refractivity (Wildman–Crippen MR) is 78.1 cm³/mol. The first kappa shape index (κ1) is 17.1. The van der Waals surface area contributed by atoms with Gasteiger partial charge in [-0.1, -0.05) is 13.3 Å². The van der Waals surface area contributed by atoms with Crippen molar-refractivity contribution in [3.05, 3.63) is 0 Å². The molecule has 0 aromatic carbocycles. The van der Waals surface area contributed by atoms with Crippen molar-refractivity contribution >= 4 is 30.1 Å². The Balaban J connectivity index is 0.00000256. The van der Waals surface area contributed by atoms with Crippen molar-refractivity contribution in [2.45, 2.75) is 45.1 Å². The van der Waals surface area contributed by atoms with Gasteiger partial charge in [-0.3, -0.25) is 4.79 Å². The molecule has 0 aromatic heterocycles. The zero-order chi connectivity index (χ0) is 11.6. The maximum Gasteiger partial charge on any atom is 0.221 e. The number of piperidine rings is 1. The highest BCUT2D eigenvalue weighted by molar-refractivity contribution is 7.99. The van der Waals surface area contributed by atoms with E-state index < -0.39 is 0 Å². The number of hydrogen-bond donors (Lipinski definition) is 2. The lowest BCUT2D eigenvalue weighted by Crippen LogP contribution is -2.42. The van der Waals surface area contributed by atoms with Crippen LogP contribution in [0.2, 0.25) is 0 Å². The van der Waals surface area contributed by atoms with Gasteiger partial charge >= 0.3 is 0 Å². The van der Waals surface area contributed by atoms with Gasteiger partial charge in [-0.2, -0.15) is 11.8 Å². The number of amides is 1. The first-order chi connectivity index (χ1) is 7.83.